The minimum Gasteiger partial charge on any atom is -0.400 e. The maximum atomic E-state index is 5.49. The third kappa shape index (κ3) is 10.0. The lowest BCUT2D eigenvalue weighted by molar-refractivity contribution is 0.272. The molecule has 17 heavy (non-hydrogen) atoms. The molecule has 0 atom stereocenters. The van der Waals surface area contributed by atoms with Gasteiger partial charge in [-0.15, -0.1) is 0 Å². The van der Waals surface area contributed by atoms with Crippen LogP contribution >= 0.6 is 0 Å². The predicted octanol–water partition coefficient (Wildman–Crippen LogP) is 4.11. The minimum absolute atomic E-state index is 0.883. The standard InChI is InChI=1S/C13H30O2Si2/c1-5-6-7-8-9-10-11-12-13-16-17(4,14-2)15-3/h5-13H2,1-4H3. The van der Waals surface area contributed by atoms with E-state index in [-0.39, 0.29) is 0 Å². The van der Waals surface area contributed by atoms with E-state index in [0.29, 0.717) is 0 Å². The molecule has 0 bridgehead atoms. The van der Waals surface area contributed by atoms with Gasteiger partial charge < -0.3 is 8.85 Å². The highest BCUT2D eigenvalue weighted by Gasteiger charge is 2.27. The van der Waals surface area contributed by atoms with Gasteiger partial charge in [0.05, 0.1) is 0 Å². The lowest BCUT2D eigenvalue weighted by atomic mass is 10.1. The zero-order chi connectivity index (χ0) is 13.0. The molecule has 2 radical (unpaired) electrons. The first-order chi connectivity index (χ1) is 8.18. The fraction of sp³-hybridized carbons (Fsp3) is 1.00. The van der Waals surface area contributed by atoms with Crippen molar-refractivity contribution in [3.05, 3.63) is 0 Å². The molecule has 0 fully saturated rings. The smallest absolute Gasteiger partial charge is 0.306 e. The molecule has 4 heteroatoms. The molecule has 0 N–H and O–H groups in total. The first kappa shape index (κ1) is 17.4. The van der Waals surface area contributed by atoms with Gasteiger partial charge in [-0.25, -0.2) is 0 Å². The molecule has 0 aromatic heterocycles. The van der Waals surface area contributed by atoms with E-state index in [9.17, 15) is 0 Å². The van der Waals surface area contributed by atoms with Crippen molar-refractivity contribution >= 4 is 17.1 Å². The molecule has 2 nitrogen and oxygen atoms in total. The van der Waals surface area contributed by atoms with E-state index in [1.54, 1.807) is 14.2 Å². The van der Waals surface area contributed by atoms with Crippen molar-refractivity contribution in [2.45, 2.75) is 70.9 Å². The van der Waals surface area contributed by atoms with Gasteiger partial charge in [-0.2, -0.15) is 0 Å². The van der Waals surface area contributed by atoms with Gasteiger partial charge in [-0.05, 0) is 6.55 Å². The summed E-state index contributed by atoms with van der Waals surface area (Å²) >= 11 is 0. The van der Waals surface area contributed by atoms with Crippen molar-refractivity contribution in [3.8, 4) is 0 Å². The van der Waals surface area contributed by atoms with Crippen LogP contribution in [0.15, 0.2) is 0 Å². The summed E-state index contributed by atoms with van der Waals surface area (Å²) < 4.78 is 11.0. The predicted molar refractivity (Wildman–Crippen MR) is 78.8 cm³/mol. The van der Waals surface area contributed by atoms with Crippen LogP contribution < -0.4 is 0 Å². The van der Waals surface area contributed by atoms with E-state index in [1.807, 2.05) is 0 Å². The van der Waals surface area contributed by atoms with Gasteiger partial charge in [0, 0.05) is 14.2 Å². The van der Waals surface area contributed by atoms with Crippen molar-refractivity contribution in [1.29, 1.82) is 0 Å². The average molecular weight is 275 g/mol. The van der Waals surface area contributed by atoms with Crippen LogP contribution in [0.5, 0.6) is 0 Å². The maximum Gasteiger partial charge on any atom is 0.306 e. The molecule has 0 heterocycles. The number of hydrogen-bond donors (Lipinski definition) is 0. The third-order valence-corrected chi connectivity index (χ3v) is 9.96. The Balaban J connectivity index is 3.23. The Morgan fingerprint density at radius 2 is 1.29 bits per heavy atom. The Labute approximate surface area is 111 Å². The minimum atomic E-state index is -1.76. The lowest BCUT2D eigenvalue weighted by Crippen LogP contribution is -2.43. The molecule has 0 spiro atoms. The summed E-state index contributed by atoms with van der Waals surface area (Å²) in [5, 5.41) is 0. The van der Waals surface area contributed by atoms with Crippen molar-refractivity contribution < 1.29 is 8.85 Å². The zero-order valence-corrected chi connectivity index (χ0v) is 14.2. The third-order valence-electron chi connectivity index (χ3n) is 3.26. The SMILES string of the molecule is CCCCCCCCCC[Si][Si](C)(OC)OC. The monoisotopic (exact) mass is 274 g/mol. The number of rotatable bonds is 12. The summed E-state index contributed by atoms with van der Waals surface area (Å²) in [6.07, 6.45) is 11.2. The fourth-order valence-corrected chi connectivity index (χ4v) is 5.90. The molecular formula is C13H30O2Si2. The summed E-state index contributed by atoms with van der Waals surface area (Å²) in [5.41, 5.74) is 0. The summed E-state index contributed by atoms with van der Waals surface area (Å²) in [6, 6.07) is 1.29. The van der Waals surface area contributed by atoms with Gasteiger partial charge >= 0.3 is 8.08 Å². The van der Waals surface area contributed by atoms with E-state index in [2.05, 4.69) is 13.5 Å². The molecule has 0 aliphatic heterocycles. The van der Waals surface area contributed by atoms with Gasteiger partial charge in [0.15, 0.2) is 0 Å². The highest BCUT2D eigenvalue weighted by atomic mass is 29.2. The molecule has 0 aromatic carbocycles. The highest BCUT2D eigenvalue weighted by molar-refractivity contribution is 7.17. The van der Waals surface area contributed by atoms with Crippen LogP contribution in [0.4, 0.5) is 0 Å². The van der Waals surface area contributed by atoms with Gasteiger partial charge in [-0.3, -0.25) is 0 Å². The summed E-state index contributed by atoms with van der Waals surface area (Å²) in [4.78, 5) is 0. The maximum absolute atomic E-state index is 5.49. The Morgan fingerprint density at radius 3 is 1.76 bits per heavy atom. The first-order valence-corrected chi connectivity index (χ1v) is 11.6. The summed E-state index contributed by atoms with van der Waals surface area (Å²) in [7, 11) is 2.70. The van der Waals surface area contributed by atoms with Crippen LogP contribution in [0.2, 0.25) is 12.6 Å². The van der Waals surface area contributed by atoms with E-state index in [0.717, 1.165) is 9.04 Å². The van der Waals surface area contributed by atoms with Crippen LogP contribution in [0, 0.1) is 0 Å². The molecule has 0 unspecified atom stereocenters. The van der Waals surface area contributed by atoms with Crippen molar-refractivity contribution in [2.24, 2.45) is 0 Å². The lowest BCUT2D eigenvalue weighted by Gasteiger charge is -2.22. The largest absolute Gasteiger partial charge is 0.400 e. The number of unbranched alkanes of at least 4 members (excludes halogenated alkanes) is 7. The Morgan fingerprint density at radius 1 is 0.824 bits per heavy atom. The topological polar surface area (TPSA) is 18.5 Å². The molecule has 0 amide bonds. The van der Waals surface area contributed by atoms with E-state index >= 15 is 0 Å². The van der Waals surface area contributed by atoms with Crippen LogP contribution in [0.1, 0.15) is 58.3 Å². The van der Waals surface area contributed by atoms with Crippen molar-refractivity contribution in [1.82, 2.24) is 0 Å². The average Bonchev–Trinajstić information content (AvgIpc) is 2.36. The van der Waals surface area contributed by atoms with Crippen LogP contribution in [-0.4, -0.2) is 31.3 Å². The Bertz CT molecular complexity index is 161. The summed E-state index contributed by atoms with van der Waals surface area (Å²) in [6.45, 7) is 4.43. The fourth-order valence-electron chi connectivity index (χ4n) is 1.80. The van der Waals surface area contributed by atoms with E-state index in [1.165, 1.54) is 57.4 Å². The molecular weight excluding hydrogens is 244 g/mol. The first-order valence-electron chi connectivity index (χ1n) is 7.04. The molecule has 0 saturated heterocycles. The van der Waals surface area contributed by atoms with E-state index < -0.39 is 8.08 Å². The van der Waals surface area contributed by atoms with Crippen molar-refractivity contribution in [2.75, 3.05) is 14.2 Å². The normalized spacial score (nSPS) is 12.0. The van der Waals surface area contributed by atoms with E-state index in [4.69, 9.17) is 8.85 Å². The molecule has 0 aromatic rings. The van der Waals surface area contributed by atoms with Gasteiger partial charge in [0.1, 0.15) is 9.04 Å². The summed E-state index contributed by atoms with van der Waals surface area (Å²) in [5.74, 6) is 0. The van der Waals surface area contributed by atoms with Gasteiger partial charge in [0.25, 0.3) is 0 Å². The second kappa shape index (κ2) is 11.4. The second-order valence-electron chi connectivity index (χ2n) is 4.76. The van der Waals surface area contributed by atoms with Crippen LogP contribution in [0.3, 0.4) is 0 Å². The Hall–Kier alpha value is 0.354. The van der Waals surface area contributed by atoms with Gasteiger partial charge in [-0.1, -0.05) is 64.3 Å². The molecule has 0 saturated carbocycles. The molecule has 0 rings (SSSR count). The van der Waals surface area contributed by atoms with Gasteiger partial charge in [0.2, 0.25) is 0 Å². The molecule has 0 aliphatic rings. The van der Waals surface area contributed by atoms with Crippen LogP contribution in [0.25, 0.3) is 0 Å². The Kier molecular flexibility index (Phi) is 11.7. The molecule has 0 aliphatic carbocycles. The second-order valence-corrected chi connectivity index (χ2v) is 12.1. The highest BCUT2D eigenvalue weighted by Crippen LogP contribution is 2.11. The zero-order valence-electron chi connectivity index (χ0n) is 12.2. The molecule has 102 valence electrons. The quantitative estimate of drug-likeness (QED) is 0.394. The number of hydrogen-bond acceptors (Lipinski definition) is 2. The van der Waals surface area contributed by atoms with Crippen molar-refractivity contribution in [3.63, 3.8) is 0 Å². The van der Waals surface area contributed by atoms with Crippen LogP contribution in [-0.2, 0) is 8.85 Å².